The third kappa shape index (κ3) is 5.88. The maximum atomic E-state index is 11.8. The van der Waals surface area contributed by atoms with Gasteiger partial charge >= 0.3 is 12.2 Å². The molecule has 0 radical (unpaired) electrons. The van der Waals surface area contributed by atoms with Crippen molar-refractivity contribution in [3.63, 3.8) is 0 Å². The molecule has 0 unspecified atom stereocenters. The van der Waals surface area contributed by atoms with Gasteiger partial charge in [0.15, 0.2) is 0 Å². The average molecular weight is 397 g/mol. The van der Waals surface area contributed by atoms with Crippen LogP contribution in [0.15, 0.2) is 54.6 Å². The molecule has 2 amide bonds. The normalized spacial score (nSPS) is 15.8. The summed E-state index contributed by atoms with van der Waals surface area (Å²) in [5, 5.41) is 11.9. The van der Waals surface area contributed by atoms with E-state index in [0.717, 1.165) is 29.8 Å². The number of hydrogen-bond acceptors (Lipinski definition) is 4. The number of rotatable bonds is 7. The molecule has 1 atom stereocenters. The number of carbonyl (C=O) groups excluding carboxylic acids is 1. The summed E-state index contributed by atoms with van der Waals surface area (Å²) in [5.74, 6) is 0. The molecule has 1 saturated heterocycles. The van der Waals surface area contributed by atoms with E-state index in [1.54, 1.807) is 7.05 Å². The number of likely N-dealkylation sites (N-methyl/N-ethyl adjacent to an activating group) is 1. The van der Waals surface area contributed by atoms with E-state index < -0.39 is 12.2 Å². The second kappa shape index (κ2) is 9.82. The fraction of sp³-hybridized carbons (Fsp3) is 0.364. The van der Waals surface area contributed by atoms with Crippen molar-refractivity contribution in [2.45, 2.75) is 25.5 Å². The van der Waals surface area contributed by atoms with Gasteiger partial charge in [-0.2, -0.15) is 0 Å². The SMILES string of the molecule is CN(C(=O)O)[C@@H]1CCN(c2ccc(CCNC(=O)OCc3ccccc3)cc2)C1. The minimum atomic E-state index is -0.887. The summed E-state index contributed by atoms with van der Waals surface area (Å²) in [7, 11) is 1.62. The standard InChI is InChI=1S/C22H27N3O4/c1-24(22(27)28)20-12-14-25(15-20)19-9-7-17(8-10-19)11-13-23-21(26)29-16-18-5-3-2-4-6-18/h2-10,20H,11-16H2,1H3,(H,23,26)(H,27,28)/t20-/m1/s1. The topological polar surface area (TPSA) is 82.1 Å². The van der Waals surface area contributed by atoms with Crippen molar-refractivity contribution in [3.05, 3.63) is 65.7 Å². The molecule has 29 heavy (non-hydrogen) atoms. The highest BCUT2D eigenvalue weighted by Gasteiger charge is 2.28. The predicted octanol–water partition coefficient (Wildman–Crippen LogP) is 3.34. The third-order valence-corrected chi connectivity index (χ3v) is 5.21. The maximum Gasteiger partial charge on any atom is 0.407 e. The smallest absolute Gasteiger partial charge is 0.407 e. The van der Waals surface area contributed by atoms with E-state index in [1.807, 2.05) is 54.6 Å². The molecule has 0 bridgehead atoms. The van der Waals surface area contributed by atoms with Crippen molar-refractivity contribution in [2.24, 2.45) is 0 Å². The molecule has 0 aromatic heterocycles. The number of ether oxygens (including phenoxy) is 1. The molecule has 2 aromatic rings. The summed E-state index contributed by atoms with van der Waals surface area (Å²) in [4.78, 5) is 26.5. The van der Waals surface area contributed by atoms with Gasteiger partial charge < -0.3 is 25.0 Å². The van der Waals surface area contributed by atoms with Crippen molar-refractivity contribution < 1.29 is 19.4 Å². The van der Waals surface area contributed by atoms with Gasteiger partial charge in [0.2, 0.25) is 0 Å². The number of nitrogens with zero attached hydrogens (tertiary/aromatic N) is 2. The van der Waals surface area contributed by atoms with Gasteiger partial charge in [-0.25, -0.2) is 9.59 Å². The van der Waals surface area contributed by atoms with Gasteiger partial charge in [0.25, 0.3) is 0 Å². The summed E-state index contributed by atoms with van der Waals surface area (Å²) in [6.07, 6.45) is 0.239. The van der Waals surface area contributed by atoms with Crippen LogP contribution in [-0.2, 0) is 17.8 Å². The first kappa shape index (κ1) is 20.5. The molecule has 0 spiro atoms. The minimum absolute atomic E-state index is 0.0262. The average Bonchev–Trinajstić information content (AvgIpc) is 3.23. The molecule has 3 rings (SSSR count). The molecule has 1 aliphatic heterocycles. The van der Waals surface area contributed by atoms with Gasteiger partial charge in [-0.3, -0.25) is 0 Å². The zero-order valence-electron chi connectivity index (χ0n) is 16.6. The zero-order valence-corrected chi connectivity index (χ0v) is 16.6. The van der Waals surface area contributed by atoms with Gasteiger partial charge in [0, 0.05) is 32.4 Å². The molecular weight excluding hydrogens is 370 g/mol. The highest BCUT2D eigenvalue weighted by Crippen LogP contribution is 2.23. The lowest BCUT2D eigenvalue weighted by Gasteiger charge is -2.23. The predicted molar refractivity (Wildman–Crippen MR) is 111 cm³/mol. The summed E-state index contributed by atoms with van der Waals surface area (Å²) < 4.78 is 5.20. The van der Waals surface area contributed by atoms with E-state index in [2.05, 4.69) is 10.2 Å². The number of carbonyl (C=O) groups is 2. The largest absolute Gasteiger partial charge is 0.465 e. The lowest BCUT2D eigenvalue weighted by Crippen LogP contribution is -2.38. The fourth-order valence-electron chi connectivity index (χ4n) is 3.41. The van der Waals surface area contributed by atoms with E-state index in [1.165, 1.54) is 4.90 Å². The second-order valence-corrected chi connectivity index (χ2v) is 7.19. The molecule has 1 fully saturated rings. The first-order chi connectivity index (χ1) is 14.0. The van der Waals surface area contributed by atoms with E-state index >= 15 is 0 Å². The van der Waals surface area contributed by atoms with Crippen molar-refractivity contribution in [1.29, 1.82) is 0 Å². The van der Waals surface area contributed by atoms with Crippen LogP contribution in [0.25, 0.3) is 0 Å². The molecule has 2 aromatic carbocycles. The molecule has 1 heterocycles. The number of nitrogens with one attached hydrogen (secondary N) is 1. The van der Waals surface area contributed by atoms with Crippen molar-refractivity contribution in [1.82, 2.24) is 10.2 Å². The first-order valence-corrected chi connectivity index (χ1v) is 9.77. The van der Waals surface area contributed by atoms with Gasteiger partial charge in [-0.15, -0.1) is 0 Å². The highest BCUT2D eigenvalue weighted by molar-refractivity contribution is 5.67. The number of amides is 2. The molecule has 7 nitrogen and oxygen atoms in total. The maximum absolute atomic E-state index is 11.8. The highest BCUT2D eigenvalue weighted by atomic mass is 16.5. The minimum Gasteiger partial charge on any atom is -0.465 e. The van der Waals surface area contributed by atoms with E-state index in [0.29, 0.717) is 19.5 Å². The Labute approximate surface area is 170 Å². The summed E-state index contributed by atoms with van der Waals surface area (Å²) in [6, 6.07) is 17.8. The van der Waals surface area contributed by atoms with Crippen molar-refractivity contribution in [3.8, 4) is 0 Å². The Morgan fingerprint density at radius 2 is 1.86 bits per heavy atom. The quantitative estimate of drug-likeness (QED) is 0.749. The Morgan fingerprint density at radius 3 is 2.55 bits per heavy atom. The van der Waals surface area contributed by atoms with Crippen LogP contribution in [-0.4, -0.2) is 54.9 Å². The molecular formula is C22H27N3O4. The number of benzene rings is 2. The Hall–Kier alpha value is -3.22. The molecule has 7 heteroatoms. The monoisotopic (exact) mass is 397 g/mol. The third-order valence-electron chi connectivity index (χ3n) is 5.21. The van der Waals surface area contributed by atoms with Crippen LogP contribution in [0.1, 0.15) is 17.5 Å². The number of alkyl carbamates (subject to hydrolysis) is 1. The first-order valence-electron chi connectivity index (χ1n) is 9.77. The van der Waals surface area contributed by atoms with Crippen LogP contribution >= 0.6 is 0 Å². The lowest BCUT2D eigenvalue weighted by atomic mass is 10.1. The molecule has 2 N–H and O–H groups in total. The van der Waals surface area contributed by atoms with Crippen molar-refractivity contribution >= 4 is 17.9 Å². The summed E-state index contributed by atoms with van der Waals surface area (Å²) >= 11 is 0. The number of carboxylic acid groups (broad SMARTS) is 1. The van der Waals surface area contributed by atoms with Crippen LogP contribution < -0.4 is 10.2 Å². The second-order valence-electron chi connectivity index (χ2n) is 7.19. The van der Waals surface area contributed by atoms with Gasteiger partial charge in [0.05, 0.1) is 6.04 Å². The van der Waals surface area contributed by atoms with E-state index in [4.69, 9.17) is 9.84 Å². The van der Waals surface area contributed by atoms with Crippen LogP contribution in [0.5, 0.6) is 0 Å². The molecule has 0 saturated carbocycles. The van der Waals surface area contributed by atoms with E-state index in [-0.39, 0.29) is 12.6 Å². The zero-order chi connectivity index (χ0) is 20.6. The summed E-state index contributed by atoms with van der Waals surface area (Å²) in [5.41, 5.74) is 3.16. The van der Waals surface area contributed by atoms with Gasteiger partial charge in [-0.05, 0) is 36.1 Å². The van der Waals surface area contributed by atoms with Crippen LogP contribution in [0.2, 0.25) is 0 Å². The van der Waals surface area contributed by atoms with Crippen LogP contribution in [0.3, 0.4) is 0 Å². The number of hydrogen-bond donors (Lipinski definition) is 2. The Kier molecular flexibility index (Phi) is 6.94. The Bertz CT molecular complexity index is 811. The van der Waals surface area contributed by atoms with E-state index in [9.17, 15) is 9.59 Å². The van der Waals surface area contributed by atoms with Gasteiger partial charge in [0.1, 0.15) is 6.61 Å². The van der Waals surface area contributed by atoms with Crippen LogP contribution in [0, 0.1) is 0 Å². The Morgan fingerprint density at radius 1 is 1.14 bits per heavy atom. The van der Waals surface area contributed by atoms with Gasteiger partial charge in [-0.1, -0.05) is 42.5 Å². The summed E-state index contributed by atoms with van der Waals surface area (Å²) in [6.45, 7) is 2.31. The Balaban J connectivity index is 1.39. The lowest BCUT2D eigenvalue weighted by molar-refractivity contribution is 0.139. The number of anilines is 1. The van der Waals surface area contributed by atoms with Crippen LogP contribution in [0.4, 0.5) is 15.3 Å². The molecule has 154 valence electrons. The molecule has 0 aliphatic carbocycles. The van der Waals surface area contributed by atoms with Crippen molar-refractivity contribution in [2.75, 3.05) is 31.6 Å². The fourth-order valence-corrected chi connectivity index (χ4v) is 3.41. The molecule has 1 aliphatic rings.